The zero-order valence-electron chi connectivity index (χ0n) is 16.1. The zero-order valence-corrected chi connectivity index (χ0v) is 18.6. The summed E-state index contributed by atoms with van der Waals surface area (Å²) in [7, 11) is -0.618. The fourth-order valence-corrected chi connectivity index (χ4v) is 4.93. The maximum absolute atomic E-state index is 12.3. The predicted octanol–water partition coefficient (Wildman–Crippen LogP) is 3.69. The molecule has 0 saturated carbocycles. The van der Waals surface area contributed by atoms with Crippen LogP contribution in [0.5, 0.6) is 11.5 Å². The number of methoxy groups -OCH3 is 2. The van der Waals surface area contributed by atoms with Gasteiger partial charge in [-0.1, -0.05) is 0 Å². The summed E-state index contributed by atoms with van der Waals surface area (Å²) in [6, 6.07) is 11.3. The predicted molar refractivity (Wildman–Crippen MR) is 118 cm³/mol. The Kier molecular flexibility index (Phi) is 7.19. The number of sulfonamides is 1. The first-order chi connectivity index (χ1) is 14.4. The van der Waals surface area contributed by atoms with E-state index in [1.54, 1.807) is 31.7 Å². The van der Waals surface area contributed by atoms with Gasteiger partial charge in [-0.25, -0.2) is 13.4 Å². The Morgan fingerprint density at radius 3 is 2.47 bits per heavy atom. The van der Waals surface area contributed by atoms with E-state index >= 15 is 0 Å². The molecule has 0 bridgehead atoms. The molecule has 3 rings (SSSR count). The summed E-state index contributed by atoms with van der Waals surface area (Å²) in [4.78, 5) is 17.1. The SMILES string of the molecule is COc1ccc(SCC(=O)Nc2ccc(S(=O)(=O)Nc3nccs3)cc2)cc1OC. The van der Waals surface area contributed by atoms with Gasteiger partial charge in [0, 0.05) is 22.2 Å². The van der Waals surface area contributed by atoms with Crippen molar-refractivity contribution in [1.29, 1.82) is 0 Å². The lowest BCUT2D eigenvalue weighted by molar-refractivity contribution is -0.113. The number of carbonyl (C=O) groups is 1. The van der Waals surface area contributed by atoms with Gasteiger partial charge < -0.3 is 14.8 Å². The van der Waals surface area contributed by atoms with Crippen LogP contribution in [0.3, 0.4) is 0 Å². The van der Waals surface area contributed by atoms with Crippen molar-refractivity contribution in [3.05, 3.63) is 54.0 Å². The van der Waals surface area contributed by atoms with Crippen LogP contribution in [0.25, 0.3) is 0 Å². The van der Waals surface area contributed by atoms with E-state index in [1.165, 1.54) is 53.6 Å². The minimum absolute atomic E-state index is 0.0791. The average molecular weight is 466 g/mol. The molecule has 0 fully saturated rings. The number of carbonyl (C=O) groups excluding carboxylic acids is 1. The topological polar surface area (TPSA) is 107 Å². The fourth-order valence-electron chi connectivity index (χ4n) is 2.42. The minimum atomic E-state index is -3.73. The summed E-state index contributed by atoms with van der Waals surface area (Å²) in [5, 5.41) is 4.71. The molecule has 1 heterocycles. The van der Waals surface area contributed by atoms with Gasteiger partial charge in [-0.3, -0.25) is 9.52 Å². The van der Waals surface area contributed by atoms with E-state index in [0.29, 0.717) is 22.3 Å². The van der Waals surface area contributed by atoms with Crippen LogP contribution in [-0.4, -0.2) is 39.3 Å². The van der Waals surface area contributed by atoms with E-state index in [1.807, 2.05) is 6.07 Å². The van der Waals surface area contributed by atoms with Crippen LogP contribution < -0.4 is 19.5 Å². The number of nitrogens with one attached hydrogen (secondary N) is 2. The number of benzene rings is 2. The summed E-state index contributed by atoms with van der Waals surface area (Å²) in [6.45, 7) is 0. The molecule has 3 aromatic rings. The van der Waals surface area contributed by atoms with Gasteiger partial charge in [0.2, 0.25) is 5.91 Å². The first-order valence-corrected chi connectivity index (χ1v) is 11.9. The third-order valence-electron chi connectivity index (χ3n) is 3.83. The highest BCUT2D eigenvalue weighted by Gasteiger charge is 2.15. The maximum atomic E-state index is 12.3. The van der Waals surface area contributed by atoms with Crippen molar-refractivity contribution in [2.45, 2.75) is 9.79 Å². The van der Waals surface area contributed by atoms with E-state index in [0.717, 1.165) is 4.90 Å². The Labute approximate surface area is 182 Å². The van der Waals surface area contributed by atoms with Gasteiger partial charge in [-0.2, -0.15) is 0 Å². The van der Waals surface area contributed by atoms with E-state index in [9.17, 15) is 13.2 Å². The molecule has 158 valence electrons. The molecular weight excluding hydrogens is 446 g/mol. The molecule has 1 aromatic heterocycles. The smallest absolute Gasteiger partial charge is 0.263 e. The Balaban J connectivity index is 1.57. The molecule has 2 aromatic carbocycles. The number of thiazole rings is 1. The second kappa shape index (κ2) is 9.83. The van der Waals surface area contributed by atoms with Gasteiger partial charge in [0.1, 0.15) is 0 Å². The molecule has 0 spiro atoms. The Hall–Kier alpha value is -2.76. The highest BCUT2D eigenvalue weighted by Crippen LogP contribution is 2.31. The number of thioether (sulfide) groups is 1. The molecule has 0 saturated heterocycles. The molecule has 8 nitrogen and oxygen atoms in total. The van der Waals surface area contributed by atoms with Crippen molar-refractivity contribution in [3.63, 3.8) is 0 Å². The Morgan fingerprint density at radius 2 is 1.83 bits per heavy atom. The third kappa shape index (κ3) is 5.65. The van der Waals surface area contributed by atoms with Crippen LogP contribution in [0.4, 0.5) is 10.8 Å². The van der Waals surface area contributed by atoms with Crippen molar-refractivity contribution < 1.29 is 22.7 Å². The lowest BCUT2D eigenvalue weighted by Crippen LogP contribution is -2.15. The van der Waals surface area contributed by atoms with Crippen molar-refractivity contribution in [1.82, 2.24) is 4.98 Å². The summed E-state index contributed by atoms with van der Waals surface area (Å²) in [5.41, 5.74) is 0.501. The van der Waals surface area contributed by atoms with Crippen molar-refractivity contribution >= 4 is 49.8 Å². The fraction of sp³-hybridized carbons (Fsp3) is 0.158. The number of anilines is 2. The van der Waals surface area contributed by atoms with Crippen LogP contribution >= 0.6 is 23.1 Å². The number of amides is 1. The molecule has 30 heavy (non-hydrogen) atoms. The summed E-state index contributed by atoms with van der Waals surface area (Å²) < 4.78 is 37.5. The summed E-state index contributed by atoms with van der Waals surface area (Å²) in [5.74, 6) is 1.17. The van der Waals surface area contributed by atoms with E-state index in [4.69, 9.17) is 9.47 Å². The van der Waals surface area contributed by atoms with Crippen molar-refractivity contribution in [3.8, 4) is 11.5 Å². The molecule has 2 N–H and O–H groups in total. The van der Waals surface area contributed by atoms with Crippen molar-refractivity contribution in [2.75, 3.05) is 30.0 Å². The summed E-state index contributed by atoms with van der Waals surface area (Å²) in [6.07, 6.45) is 1.52. The van der Waals surface area contributed by atoms with Gasteiger partial charge in [0.05, 0.1) is 24.9 Å². The molecule has 11 heteroatoms. The van der Waals surface area contributed by atoms with Gasteiger partial charge in [-0.15, -0.1) is 23.1 Å². The number of hydrogen-bond acceptors (Lipinski definition) is 8. The van der Waals surface area contributed by atoms with Crippen LogP contribution in [0.2, 0.25) is 0 Å². The quantitative estimate of drug-likeness (QED) is 0.464. The first-order valence-electron chi connectivity index (χ1n) is 8.58. The summed E-state index contributed by atoms with van der Waals surface area (Å²) >= 11 is 2.54. The molecule has 0 aliphatic rings. The largest absolute Gasteiger partial charge is 0.493 e. The molecule has 0 aliphatic carbocycles. The second-order valence-electron chi connectivity index (χ2n) is 5.82. The molecular formula is C19H19N3O5S3. The molecule has 0 radical (unpaired) electrons. The highest BCUT2D eigenvalue weighted by molar-refractivity contribution is 8.00. The zero-order chi connectivity index (χ0) is 21.6. The number of rotatable bonds is 9. The number of nitrogens with zero attached hydrogens (tertiary/aromatic N) is 1. The van der Waals surface area contributed by atoms with Gasteiger partial charge in [-0.05, 0) is 42.5 Å². The van der Waals surface area contributed by atoms with Crippen LogP contribution in [0.15, 0.2) is 63.8 Å². The first kappa shape index (κ1) is 21.9. The highest BCUT2D eigenvalue weighted by atomic mass is 32.2. The standard InChI is InChI=1S/C19H19N3O5S3/c1-26-16-8-5-14(11-17(16)27-2)29-12-18(23)21-13-3-6-15(7-4-13)30(24,25)22-19-20-9-10-28-19/h3-11H,12H2,1-2H3,(H,20,22)(H,21,23). The van der Waals surface area contributed by atoms with Gasteiger partial charge in [0.25, 0.3) is 10.0 Å². The van der Waals surface area contributed by atoms with Crippen LogP contribution in [0, 0.1) is 0 Å². The Morgan fingerprint density at radius 1 is 1.10 bits per heavy atom. The molecule has 1 amide bonds. The second-order valence-corrected chi connectivity index (χ2v) is 9.45. The molecule has 0 aliphatic heterocycles. The van der Waals surface area contributed by atoms with E-state index in [2.05, 4.69) is 15.0 Å². The minimum Gasteiger partial charge on any atom is -0.493 e. The number of ether oxygens (including phenoxy) is 2. The lowest BCUT2D eigenvalue weighted by Gasteiger charge is -2.10. The monoisotopic (exact) mass is 465 g/mol. The number of aromatic nitrogens is 1. The van der Waals surface area contributed by atoms with Crippen LogP contribution in [0.1, 0.15) is 0 Å². The average Bonchev–Trinajstić information content (AvgIpc) is 3.24. The number of hydrogen-bond donors (Lipinski definition) is 2. The van der Waals surface area contributed by atoms with Gasteiger partial charge >= 0.3 is 0 Å². The molecule has 0 atom stereocenters. The third-order valence-corrected chi connectivity index (χ3v) is 6.99. The van der Waals surface area contributed by atoms with E-state index < -0.39 is 10.0 Å². The Bertz CT molecular complexity index is 1100. The van der Waals surface area contributed by atoms with Crippen LogP contribution in [-0.2, 0) is 14.8 Å². The molecule has 0 unspecified atom stereocenters. The van der Waals surface area contributed by atoms with Crippen molar-refractivity contribution in [2.24, 2.45) is 0 Å². The lowest BCUT2D eigenvalue weighted by atomic mass is 10.3. The normalized spacial score (nSPS) is 11.0. The maximum Gasteiger partial charge on any atom is 0.263 e. The van der Waals surface area contributed by atoms with E-state index in [-0.39, 0.29) is 16.6 Å². The van der Waals surface area contributed by atoms with Gasteiger partial charge in [0.15, 0.2) is 16.6 Å².